The maximum absolute atomic E-state index is 10.5. The van der Waals surface area contributed by atoms with Crippen LogP contribution in [0.4, 0.5) is 11.8 Å². The Bertz CT molecular complexity index is 1030. The summed E-state index contributed by atoms with van der Waals surface area (Å²) in [6.45, 7) is 5.25. The zero-order valence-corrected chi connectivity index (χ0v) is 18.9. The van der Waals surface area contributed by atoms with E-state index in [2.05, 4.69) is 10.3 Å². The lowest BCUT2D eigenvalue weighted by atomic mass is 10.1. The van der Waals surface area contributed by atoms with Crippen LogP contribution in [0, 0.1) is 5.92 Å². The average molecular weight is 464 g/mol. The third-order valence-corrected chi connectivity index (χ3v) is 7.09. The molecule has 1 aromatic carbocycles. The predicted octanol–water partition coefficient (Wildman–Crippen LogP) is 2.77. The normalized spacial score (nSPS) is 23.4. The first kappa shape index (κ1) is 22.2. The molecule has 0 radical (unpaired) electrons. The van der Waals surface area contributed by atoms with Crippen molar-refractivity contribution >= 4 is 44.9 Å². The number of nitrogens with zero attached hydrogens (tertiary/aromatic N) is 4. The van der Waals surface area contributed by atoms with E-state index < -0.39 is 24.2 Å². The van der Waals surface area contributed by atoms with Crippen molar-refractivity contribution in [2.75, 3.05) is 29.9 Å². The molecule has 1 fully saturated rings. The molecular formula is C21H26ClN5O3S. The molecule has 8 nitrogen and oxygen atoms in total. The van der Waals surface area contributed by atoms with Crippen LogP contribution in [-0.2, 0) is 0 Å². The number of hydrogen-bond acceptors (Lipinski definition) is 9. The first-order chi connectivity index (χ1) is 15.0. The zero-order valence-electron chi connectivity index (χ0n) is 17.4. The van der Waals surface area contributed by atoms with Gasteiger partial charge >= 0.3 is 0 Å². The summed E-state index contributed by atoms with van der Waals surface area (Å²) in [5, 5.41) is 34.5. The number of halogens is 1. The number of hydrogen-bond donors (Lipinski definition) is 4. The Morgan fingerprint density at radius 3 is 2.52 bits per heavy atom. The van der Waals surface area contributed by atoms with Crippen LogP contribution >= 0.6 is 22.9 Å². The average Bonchev–Trinajstić information content (AvgIpc) is 3.30. The molecule has 4 atom stereocenters. The van der Waals surface area contributed by atoms with Crippen molar-refractivity contribution < 1.29 is 15.3 Å². The molecule has 10 heteroatoms. The number of benzene rings is 1. The number of aromatic nitrogens is 3. The van der Waals surface area contributed by atoms with Gasteiger partial charge in [-0.15, -0.1) is 11.3 Å². The van der Waals surface area contributed by atoms with Gasteiger partial charge in [0.05, 0.1) is 27.9 Å². The summed E-state index contributed by atoms with van der Waals surface area (Å²) in [7, 11) is 0. The summed E-state index contributed by atoms with van der Waals surface area (Å²) < 4.78 is 1.02. The van der Waals surface area contributed by atoms with Gasteiger partial charge < -0.3 is 25.5 Å². The van der Waals surface area contributed by atoms with E-state index in [1.807, 2.05) is 43.0 Å². The minimum Gasteiger partial charge on any atom is -0.396 e. The van der Waals surface area contributed by atoms with E-state index in [1.54, 1.807) is 0 Å². The zero-order chi connectivity index (χ0) is 22.1. The first-order valence-corrected chi connectivity index (χ1v) is 11.6. The standard InChI is InChI=1S/C21H26ClN5O3S/c1-3-27(4-2)21-25-18(22)15(20-24-12-7-5-6-8-14(12)31-20)19(26-21)23-13-9-11(10-28)16(29)17(13)30/h5-8,11,13,16-17,28-30H,3-4,9-10H2,1-2H3,(H,23,25,26)/t11-,13-,16-,17+/m1/s1. The van der Waals surface area contributed by atoms with E-state index in [1.165, 1.54) is 11.3 Å². The number of nitrogens with one attached hydrogen (secondary N) is 1. The molecule has 0 aliphatic heterocycles. The molecule has 0 saturated heterocycles. The van der Waals surface area contributed by atoms with Gasteiger partial charge in [0.2, 0.25) is 5.95 Å². The molecule has 1 aliphatic rings. The number of para-hydroxylation sites is 1. The molecule has 1 aliphatic carbocycles. The molecule has 4 rings (SSSR count). The van der Waals surface area contributed by atoms with Gasteiger partial charge in [-0.1, -0.05) is 23.7 Å². The molecule has 0 unspecified atom stereocenters. The molecule has 0 amide bonds. The van der Waals surface area contributed by atoms with E-state index in [4.69, 9.17) is 21.6 Å². The molecule has 1 saturated carbocycles. The van der Waals surface area contributed by atoms with Crippen molar-refractivity contribution in [3.8, 4) is 10.6 Å². The highest BCUT2D eigenvalue weighted by molar-refractivity contribution is 7.21. The molecule has 0 spiro atoms. The molecule has 2 heterocycles. The third-order valence-electron chi connectivity index (χ3n) is 5.77. The van der Waals surface area contributed by atoms with Crippen molar-refractivity contribution in [3.63, 3.8) is 0 Å². The molecule has 3 aromatic rings. The lowest BCUT2D eigenvalue weighted by Crippen LogP contribution is -2.36. The van der Waals surface area contributed by atoms with Gasteiger partial charge in [0.1, 0.15) is 22.1 Å². The lowest BCUT2D eigenvalue weighted by molar-refractivity contribution is 0.00446. The molecule has 31 heavy (non-hydrogen) atoms. The Kier molecular flexibility index (Phi) is 6.59. The number of rotatable bonds is 7. The van der Waals surface area contributed by atoms with Gasteiger partial charge in [0, 0.05) is 25.6 Å². The number of thiazole rings is 1. The molecule has 0 bridgehead atoms. The molecule has 2 aromatic heterocycles. The van der Waals surface area contributed by atoms with Crippen LogP contribution in [0.2, 0.25) is 5.15 Å². The van der Waals surface area contributed by atoms with Gasteiger partial charge in [-0.3, -0.25) is 0 Å². The van der Waals surface area contributed by atoms with Crippen molar-refractivity contribution in [1.82, 2.24) is 15.0 Å². The van der Waals surface area contributed by atoms with E-state index >= 15 is 0 Å². The van der Waals surface area contributed by atoms with Gasteiger partial charge in [0.15, 0.2) is 0 Å². The summed E-state index contributed by atoms with van der Waals surface area (Å²) in [4.78, 5) is 15.9. The summed E-state index contributed by atoms with van der Waals surface area (Å²) in [5.74, 6) is 0.530. The Labute approximate surface area is 189 Å². The van der Waals surface area contributed by atoms with Crippen LogP contribution in [0.5, 0.6) is 0 Å². The quantitative estimate of drug-likeness (QED) is 0.395. The maximum atomic E-state index is 10.5. The first-order valence-electron chi connectivity index (χ1n) is 10.4. The van der Waals surface area contributed by atoms with Crippen LogP contribution in [0.1, 0.15) is 20.3 Å². The van der Waals surface area contributed by atoms with Crippen LogP contribution in [-0.4, -0.2) is 68.2 Å². The fraction of sp³-hybridized carbons (Fsp3) is 0.476. The summed E-state index contributed by atoms with van der Waals surface area (Å²) in [6, 6.07) is 7.32. The van der Waals surface area contributed by atoms with Crippen molar-refractivity contribution in [2.24, 2.45) is 5.92 Å². The highest BCUT2D eigenvalue weighted by Gasteiger charge is 2.41. The fourth-order valence-corrected chi connectivity index (χ4v) is 5.29. The van der Waals surface area contributed by atoms with Crippen molar-refractivity contribution in [1.29, 1.82) is 0 Å². The van der Waals surface area contributed by atoms with Crippen molar-refractivity contribution in [3.05, 3.63) is 29.4 Å². The summed E-state index contributed by atoms with van der Waals surface area (Å²) in [5.41, 5.74) is 1.42. The van der Waals surface area contributed by atoms with Gasteiger partial charge in [0.25, 0.3) is 0 Å². The van der Waals surface area contributed by atoms with Crippen LogP contribution < -0.4 is 10.2 Å². The van der Waals surface area contributed by atoms with E-state index in [0.29, 0.717) is 41.8 Å². The fourth-order valence-electron chi connectivity index (χ4n) is 3.97. The van der Waals surface area contributed by atoms with E-state index in [-0.39, 0.29) is 11.8 Å². The third kappa shape index (κ3) is 4.20. The highest BCUT2D eigenvalue weighted by Crippen LogP contribution is 2.40. The lowest BCUT2D eigenvalue weighted by Gasteiger charge is -2.23. The highest BCUT2D eigenvalue weighted by atomic mass is 35.5. The number of aliphatic hydroxyl groups is 3. The van der Waals surface area contributed by atoms with E-state index in [9.17, 15) is 15.3 Å². The SMILES string of the molecule is CCN(CC)c1nc(Cl)c(-c2nc3ccccc3s2)c(N[C@@H]2C[C@H](CO)[C@@H](O)[C@H]2O)n1. The second-order valence-electron chi connectivity index (χ2n) is 7.61. The monoisotopic (exact) mass is 463 g/mol. The smallest absolute Gasteiger partial charge is 0.228 e. The summed E-state index contributed by atoms with van der Waals surface area (Å²) in [6.07, 6.45) is -1.64. The Hall–Kier alpha value is -2.04. The number of aliphatic hydroxyl groups excluding tert-OH is 3. The molecular weight excluding hydrogens is 438 g/mol. The van der Waals surface area contributed by atoms with Gasteiger partial charge in [-0.2, -0.15) is 4.98 Å². The minimum atomic E-state index is -1.04. The Balaban J connectivity index is 1.80. The van der Waals surface area contributed by atoms with Crippen LogP contribution in [0.15, 0.2) is 24.3 Å². The number of fused-ring (bicyclic) bond motifs is 1. The van der Waals surface area contributed by atoms with Crippen LogP contribution in [0.3, 0.4) is 0 Å². The summed E-state index contributed by atoms with van der Waals surface area (Å²) >= 11 is 8.15. The van der Waals surface area contributed by atoms with Gasteiger partial charge in [-0.05, 0) is 32.4 Å². The topological polar surface area (TPSA) is 115 Å². The van der Waals surface area contributed by atoms with Gasteiger partial charge in [-0.25, -0.2) is 9.97 Å². The Morgan fingerprint density at radius 2 is 1.87 bits per heavy atom. The number of anilines is 2. The molecule has 4 N–H and O–H groups in total. The molecule has 166 valence electrons. The largest absolute Gasteiger partial charge is 0.396 e. The van der Waals surface area contributed by atoms with E-state index in [0.717, 1.165) is 10.2 Å². The predicted molar refractivity (Wildman–Crippen MR) is 124 cm³/mol. The second kappa shape index (κ2) is 9.22. The van der Waals surface area contributed by atoms with Crippen LogP contribution in [0.25, 0.3) is 20.8 Å². The van der Waals surface area contributed by atoms with Crippen molar-refractivity contribution in [2.45, 2.75) is 38.5 Å². The minimum absolute atomic E-state index is 0.198. The Morgan fingerprint density at radius 1 is 1.13 bits per heavy atom. The second-order valence-corrected chi connectivity index (χ2v) is 9.00. The maximum Gasteiger partial charge on any atom is 0.228 e.